The Bertz CT molecular complexity index is 332. The highest BCUT2D eigenvalue weighted by molar-refractivity contribution is 6.05. The van der Waals surface area contributed by atoms with Gasteiger partial charge in [0.2, 0.25) is 11.8 Å². The van der Waals surface area contributed by atoms with Gasteiger partial charge in [-0.2, -0.15) is 0 Å². The summed E-state index contributed by atoms with van der Waals surface area (Å²) in [5.74, 6) is -0.218. The zero-order valence-electron chi connectivity index (χ0n) is 10.9. The highest BCUT2D eigenvalue weighted by Crippen LogP contribution is 2.21. The molecular weight excluding hydrogens is 232 g/mol. The zero-order valence-corrected chi connectivity index (χ0v) is 10.9. The van der Waals surface area contributed by atoms with Crippen LogP contribution in [-0.4, -0.2) is 46.6 Å². The number of imide groups is 1. The number of likely N-dealkylation sites (tertiary alicyclic amines) is 1. The summed E-state index contributed by atoms with van der Waals surface area (Å²) in [7, 11) is 0. The van der Waals surface area contributed by atoms with Crippen molar-refractivity contribution < 1.29 is 14.7 Å². The van der Waals surface area contributed by atoms with E-state index in [9.17, 15) is 14.7 Å². The fourth-order valence-electron chi connectivity index (χ4n) is 2.84. The van der Waals surface area contributed by atoms with Crippen molar-refractivity contribution in [1.29, 1.82) is 0 Å². The molecule has 1 aliphatic heterocycles. The molecule has 1 aliphatic carbocycles. The second kappa shape index (κ2) is 5.80. The molecule has 2 rings (SSSR count). The minimum Gasteiger partial charge on any atom is -0.392 e. The van der Waals surface area contributed by atoms with Crippen molar-refractivity contribution in [2.75, 3.05) is 6.54 Å². The highest BCUT2D eigenvalue weighted by atomic mass is 16.3. The molecule has 1 heterocycles. The Morgan fingerprint density at radius 1 is 1.33 bits per heavy atom. The number of hydrogen-bond donors (Lipinski definition) is 2. The van der Waals surface area contributed by atoms with Crippen molar-refractivity contribution in [3.05, 3.63) is 0 Å². The maximum absolute atomic E-state index is 12.0. The van der Waals surface area contributed by atoms with E-state index in [4.69, 9.17) is 0 Å². The molecule has 3 unspecified atom stereocenters. The largest absolute Gasteiger partial charge is 0.392 e. The Labute approximate surface area is 108 Å². The van der Waals surface area contributed by atoms with Crippen molar-refractivity contribution >= 4 is 11.8 Å². The van der Waals surface area contributed by atoms with Gasteiger partial charge in [-0.15, -0.1) is 0 Å². The second-order valence-corrected chi connectivity index (χ2v) is 5.27. The van der Waals surface area contributed by atoms with Crippen LogP contribution in [0, 0.1) is 0 Å². The molecular formula is C13H22N2O3. The van der Waals surface area contributed by atoms with Crippen LogP contribution in [0.5, 0.6) is 0 Å². The average Bonchev–Trinajstić information content (AvgIpc) is 2.60. The van der Waals surface area contributed by atoms with Crippen molar-refractivity contribution in [3.63, 3.8) is 0 Å². The van der Waals surface area contributed by atoms with Gasteiger partial charge in [0.15, 0.2) is 0 Å². The number of carbonyl (C=O) groups excluding carboxylic acids is 2. The van der Waals surface area contributed by atoms with Crippen LogP contribution in [0.3, 0.4) is 0 Å². The summed E-state index contributed by atoms with van der Waals surface area (Å²) in [6, 6.07) is -0.469. The molecule has 0 radical (unpaired) electrons. The van der Waals surface area contributed by atoms with Crippen LogP contribution in [0.2, 0.25) is 0 Å². The number of rotatable bonds is 4. The molecule has 0 spiro atoms. The maximum atomic E-state index is 12.0. The van der Waals surface area contributed by atoms with Gasteiger partial charge in [0, 0.05) is 12.6 Å². The van der Waals surface area contributed by atoms with Crippen LogP contribution in [-0.2, 0) is 9.59 Å². The summed E-state index contributed by atoms with van der Waals surface area (Å²) in [6.07, 6.45) is 4.42. The first-order valence-electron chi connectivity index (χ1n) is 6.91. The van der Waals surface area contributed by atoms with E-state index in [0.717, 1.165) is 32.1 Å². The lowest BCUT2D eigenvalue weighted by Crippen LogP contribution is -2.49. The number of hydrogen-bond acceptors (Lipinski definition) is 4. The van der Waals surface area contributed by atoms with Gasteiger partial charge in [0.25, 0.3) is 0 Å². The summed E-state index contributed by atoms with van der Waals surface area (Å²) >= 11 is 0. The second-order valence-electron chi connectivity index (χ2n) is 5.27. The molecule has 18 heavy (non-hydrogen) atoms. The van der Waals surface area contributed by atoms with E-state index in [1.54, 1.807) is 0 Å². The van der Waals surface area contributed by atoms with E-state index in [-0.39, 0.29) is 30.4 Å². The lowest BCUT2D eigenvalue weighted by Gasteiger charge is -2.30. The van der Waals surface area contributed by atoms with Gasteiger partial charge in [-0.05, 0) is 19.3 Å². The Morgan fingerprint density at radius 2 is 2.06 bits per heavy atom. The Balaban J connectivity index is 1.94. The van der Waals surface area contributed by atoms with Crippen molar-refractivity contribution in [2.45, 2.75) is 63.6 Å². The molecule has 102 valence electrons. The molecule has 2 aliphatic rings. The molecule has 1 saturated heterocycles. The Morgan fingerprint density at radius 3 is 2.72 bits per heavy atom. The first kappa shape index (κ1) is 13.5. The molecule has 2 fully saturated rings. The predicted octanol–water partition coefficient (Wildman–Crippen LogP) is 0.417. The molecule has 5 nitrogen and oxygen atoms in total. The number of nitrogens with zero attached hydrogens (tertiary/aromatic N) is 1. The van der Waals surface area contributed by atoms with E-state index in [0.29, 0.717) is 6.54 Å². The molecule has 2 N–H and O–H groups in total. The lowest BCUT2D eigenvalue weighted by molar-refractivity contribution is -0.138. The number of nitrogens with one attached hydrogen (secondary N) is 1. The van der Waals surface area contributed by atoms with E-state index in [2.05, 4.69) is 5.32 Å². The lowest BCUT2D eigenvalue weighted by atomic mass is 9.92. The Kier molecular flexibility index (Phi) is 4.35. The average molecular weight is 254 g/mol. The smallest absolute Gasteiger partial charge is 0.246 e. The molecule has 2 amide bonds. The van der Waals surface area contributed by atoms with Gasteiger partial charge in [0.1, 0.15) is 0 Å². The number of amides is 2. The van der Waals surface area contributed by atoms with Crippen LogP contribution < -0.4 is 5.32 Å². The SMILES string of the molecule is CCCN1C(=O)CC(NC2CCCCC2O)C1=O. The third kappa shape index (κ3) is 2.72. The van der Waals surface area contributed by atoms with Crippen molar-refractivity contribution in [1.82, 2.24) is 10.2 Å². The highest BCUT2D eigenvalue weighted by Gasteiger charge is 2.39. The first-order chi connectivity index (χ1) is 8.63. The number of carbonyl (C=O) groups is 2. The molecule has 1 saturated carbocycles. The quantitative estimate of drug-likeness (QED) is 0.713. The summed E-state index contributed by atoms with van der Waals surface area (Å²) in [4.78, 5) is 25.1. The topological polar surface area (TPSA) is 69.6 Å². The van der Waals surface area contributed by atoms with Gasteiger partial charge in [-0.1, -0.05) is 19.8 Å². The molecule has 0 bridgehead atoms. The molecule has 0 aromatic heterocycles. The van der Waals surface area contributed by atoms with E-state index < -0.39 is 6.04 Å². The van der Waals surface area contributed by atoms with Crippen LogP contribution in [0.1, 0.15) is 45.4 Å². The molecule has 0 aromatic carbocycles. The minimum atomic E-state index is -0.429. The van der Waals surface area contributed by atoms with Crippen LogP contribution in [0.15, 0.2) is 0 Å². The van der Waals surface area contributed by atoms with Gasteiger partial charge in [-0.25, -0.2) is 0 Å². The van der Waals surface area contributed by atoms with E-state index in [1.165, 1.54) is 4.90 Å². The van der Waals surface area contributed by atoms with Crippen LogP contribution >= 0.6 is 0 Å². The number of aliphatic hydroxyl groups is 1. The summed E-state index contributed by atoms with van der Waals surface area (Å²) in [5, 5.41) is 13.1. The first-order valence-corrected chi connectivity index (χ1v) is 6.91. The van der Waals surface area contributed by atoms with Crippen LogP contribution in [0.4, 0.5) is 0 Å². The summed E-state index contributed by atoms with van der Waals surface area (Å²) in [5.41, 5.74) is 0. The predicted molar refractivity (Wildman–Crippen MR) is 66.8 cm³/mol. The fraction of sp³-hybridized carbons (Fsp3) is 0.846. The van der Waals surface area contributed by atoms with E-state index >= 15 is 0 Å². The van der Waals surface area contributed by atoms with Crippen LogP contribution in [0.25, 0.3) is 0 Å². The third-order valence-electron chi connectivity index (χ3n) is 3.84. The molecule has 5 heteroatoms. The summed E-state index contributed by atoms with van der Waals surface area (Å²) < 4.78 is 0. The van der Waals surface area contributed by atoms with Crippen molar-refractivity contribution in [2.24, 2.45) is 0 Å². The number of aliphatic hydroxyl groups excluding tert-OH is 1. The normalized spacial score (nSPS) is 33.2. The molecule has 3 atom stereocenters. The van der Waals surface area contributed by atoms with E-state index in [1.807, 2.05) is 6.92 Å². The zero-order chi connectivity index (χ0) is 13.1. The van der Waals surface area contributed by atoms with Gasteiger partial charge in [0.05, 0.1) is 18.6 Å². The summed E-state index contributed by atoms with van der Waals surface area (Å²) in [6.45, 7) is 2.45. The van der Waals surface area contributed by atoms with Crippen molar-refractivity contribution in [3.8, 4) is 0 Å². The monoisotopic (exact) mass is 254 g/mol. The maximum Gasteiger partial charge on any atom is 0.246 e. The third-order valence-corrected chi connectivity index (χ3v) is 3.84. The minimum absolute atomic E-state index is 0.0397. The molecule has 0 aromatic rings. The van der Waals surface area contributed by atoms with Gasteiger partial charge < -0.3 is 10.4 Å². The standard InChI is InChI=1S/C13H22N2O3/c1-2-7-15-12(17)8-10(13(15)18)14-9-5-3-4-6-11(9)16/h9-11,14,16H,2-8H2,1H3. The van der Waals surface area contributed by atoms with Gasteiger partial charge in [-0.3, -0.25) is 14.5 Å². The Hall–Kier alpha value is -0.940. The van der Waals surface area contributed by atoms with Gasteiger partial charge >= 0.3 is 0 Å². The fourth-order valence-corrected chi connectivity index (χ4v) is 2.84.